The van der Waals surface area contributed by atoms with E-state index in [1.54, 1.807) is 24.4 Å². The lowest BCUT2D eigenvalue weighted by atomic mass is 10.3. The van der Waals surface area contributed by atoms with Crippen molar-refractivity contribution in [3.8, 4) is 5.88 Å². The molecule has 3 N–H and O–H groups in total. The van der Waals surface area contributed by atoms with Crippen LogP contribution in [0.2, 0.25) is 0 Å². The minimum absolute atomic E-state index is 0.0401. The van der Waals surface area contributed by atoms with Crippen molar-refractivity contribution in [2.24, 2.45) is 0 Å². The Balaban J connectivity index is 2.15. The van der Waals surface area contributed by atoms with Gasteiger partial charge in [-0.05, 0) is 23.8 Å². The number of aromatic nitrogens is 1. The van der Waals surface area contributed by atoms with E-state index in [-0.39, 0.29) is 17.1 Å². The van der Waals surface area contributed by atoms with Crippen molar-refractivity contribution in [1.29, 1.82) is 0 Å². The number of nitrogen functional groups attached to an aromatic ring is 1. The number of halogens is 1. The number of pyridine rings is 1. The maximum absolute atomic E-state index is 12.2. The first kappa shape index (κ1) is 15.7. The fourth-order valence-corrected chi connectivity index (χ4v) is 3.32. The van der Waals surface area contributed by atoms with E-state index in [2.05, 4.69) is 25.6 Å². The Bertz CT molecular complexity index is 733. The second-order valence-corrected chi connectivity index (χ2v) is 6.87. The van der Waals surface area contributed by atoms with Crippen LogP contribution in [0, 0.1) is 0 Å². The molecule has 8 heteroatoms. The second kappa shape index (κ2) is 6.42. The molecule has 21 heavy (non-hydrogen) atoms. The summed E-state index contributed by atoms with van der Waals surface area (Å²) < 4.78 is 32.6. The van der Waals surface area contributed by atoms with Crippen LogP contribution in [-0.2, 0) is 16.6 Å². The molecule has 1 heterocycles. The van der Waals surface area contributed by atoms with Crippen molar-refractivity contribution in [2.75, 3.05) is 12.8 Å². The van der Waals surface area contributed by atoms with Crippen LogP contribution in [0.4, 0.5) is 5.69 Å². The van der Waals surface area contributed by atoms with E-state index >= 15 is 0 Å². The normalized spacial score (nSPS) is 11.3. The molecule has 0 bridgehead atoms. The number of nitrogens with two attached hydrogens (primary N) is 1. The predicted octanol–water partition coefficient (Wildman–Crippen LogP) is 1.91. The monoisotopic (exact) mass is 371 g/mol. The summed E-state index contributed by atoms with van der Waals surface area (Å²) in [5.74, 6) is 0.470. The molecule has 0 atom stereocenters. The Morgan fingerprint density at radius 1 is 1.33 bits per heavy atom. The molecule has 2 aromatic rings. The van der Waals surface area contributed by atoms with Gasteiger partial charge in [0.1, 0.15) is 4.90 Å². The Labute approximate surface area is 131 Å². The van der Waals surface area contributed by atoms with Crippen LogP contribution >= 0.6 is 15.9 Å². The standard InChI is InChI=1S/C13H14BrN3O3S/c1-20-13-5-2-9(7-16-13)8-17-21(18,19)12-6-10(14)3-4-11(12)15/h2-7,17H,8,15H2,1H3. The zero-order valence-electron chi connectivity index (χ0n) is 11.2. The lowest BCUT2D eigenvalue weighted by molar-refractivity contribution is 0.397. The summed E-state index contributed by atoms with van der Waals surface area (Å²) in [6.07, 6.45) is 1.55. The van der Waals surface area contributed by atoms with Gasteiger partial charge in [-0.1, -0.05) is 22.0 Å². The van der Waals surface area contributed by atoms with E-state index in [1.165, 1.54) is 19.2 Å². The zero-order valence-corrected chi connectivity index (χ0v) is 13.6. The van der Waals surface area contributed by atoms with E-state index < -0.39 is 10.0 Å². The molecule has 0 aliphatic heterocycles. The van der Waals surface area contributed by atoms with Crippen molar-refractivity contribution in [3.63, 3.8) is 0 Å². The molecule has 0 aliphatic carbocycles. The third-order valence-electron chi connectivity index (χ3n) is 2.74. The van der Waals surface area contributed by atoms with Crippen molar-refractivity contribution in [2.45, 2.75) is 11.4 Å². The van der Waals surface area contributed by atoms with E-state index in [9.17, 15) is 8.42 Å². The number of rotatable bonds is 5. The van der Waals surface area contributed by atoms with Gasteiger partial charge in [0.05, 0.1) is 12.8 Å². The van der Waals surface area contributed by atoms with Gasteiger partial charge in [-0.2, -0.15) is 0 Å². The molecule has 0 amide bonds. The Kier molecular flexibility index (Phi) is 4.81. The van der Waals surface area contributed by atoms with Crippen molar-refractivity contribution < 1.29 is 13.2 Å². The van der Waals surface area contributed by atoms with Gasteiger partial charge in [0, 0.05) is 23.3 Å². The SMILES string of the molecule is COc1ccc(CNS(=O)(=O)c2cc(Br)ccc2N)cn1. The third kappa shape index (κ3) is 3.93. The maximum Gasteiger partial charge on any atom is 0.242 e. The van der Waals surface area contributed by atoms with E-state index in [4.69, 9.17) is 10.5 Å². The number of anilines is 1. The van der Waals surface area contributed by atoms with E-state index in [0.29, 0.717) is 15.9 Å². The predicted molar refractivity (Wildman–Crippen MR) is 83.4 cm³/mol. The van der Waals surface area contributed by atoms with E-state index in [1.807, 2.05) is 0 Å². The summed E-state index contributed by atoms with van der Waals surface area (Å²) in [6, 6.07) is 8.08. The molecule has 0 aliphatic rings. The Hall–Kier alpha value is -1.64. The molecular formula is C13H14BrN3O3S. The van der Waals surface area contributed by atoms with Crippen LogP contribution in [0.3, 0.4) is 0 Å². The maximum atomic E-state index is 12.2. The zero-order chi connectivity index (χ0) is 15.5. The summed E-state index contributed by atoms with van der Waals surface area (Å²) in [5, 5.41) is 0. The van der Waals surface area contributed by atoms with Gasteiger partial charge in [-0.3, -0.25) is 0 Å². The minimum atomic E-state index is -3.69. The van der Waals surface area contributed by atoms with Gasteiger partial charge in [0.15, 0.2) is 0 Å². The first-order valence-electron chi connectivity index (χ1n) is 5.96. The van der Waals surface area contributed by atoms with Crippen LogP contribution in [-0.4, -0.2) is 20.5 Å². The molecule has 0 radical (unpaired) electrons. The largest absolute Gasteiger partial charge is 0.481 e. The summed E-state index contributed by atoms with van der Waals surface area (Å²) >= 11 is 3.23. The second-order valence-electron chi connectivity index (χ2n) is 4.22. The number of methoxy groups -OCH3 is 1. The fraction of sp³-hybridized carbons (Fsp3) is 0.154. The molecule has 0 spiro atoms. The average molecular weight is 372 g/mol. The molecule has 0 fully saturated rings. The molecule has 6 nitrogen and oxygen atoms in total. The van der Waals surface area contributed by atoms with Gasteiger partial charge >= 0.3 is 0 Å². The van der Waals surface area contributed by atoms with Crippen LogP contribution in [0.25, 0.3) is 0 Å². The number of ether oxygens (including phenoxy) is 1. The molecular weight excluding hydrogens is 358 g/mol. The molecule has 112 valence electrons. The van der Waals surface area contributed by atoms with Gasteiger partial charge in [0.25, 0.3) is 0 Å². The topological polar surface area (TPSA) is 94.3 Å². The number of nitrogens with one attached hydrogen (secondary N) is 1. The highest BCUT2D eigenvalue weighted by molar-refractivity contribution is 9.10. The molecule has 0 saturated carbocycles. The quantitative estimate of drug-likeness (QED) is 0.782. The van der Waals surface area contributed by atoms with Gasteiger partial charge in [-0.15, -0.1) is 0 Å². The highest BCUT2D eigenvalue weighted by Gasteiger charge is 2.17. The molecule has 1 aromatic heterocycles. The number of hydrogen-bond acceptors (Lipinski definition) is 5. The van der Waals surface area contributed by atoms with Crippen molar-refractivity contribution in [1.82, 2.24) is 9.71 Å². The van der Waals surface area contributed by atoms with E-state index in [0.717, 1.165) is 0 Å². The molecule has 1 aromatic carbocycles. The summed E-state index contributed by atoms with van der Waals surface area (Å²) in [4.78, 5) is 4.05. The summed E-state index contributed by atoms with van der Waals surface area (Å²) in [7, 11) is -2.18. The Morgan fingerprint density at radius 3 is 2.71 bits per heavy atom. The first-order valence-corrected chi connectivity index (χ1v) is 8.23. The average Bonchev–Trinajstić information content (AvgIpc) is 2.48. The number of nitrogens with zero attached hydrogens (tertiary/aromatic N) is 1. The minimum Gasteiger partial charge on any atom is -0.481 e. The third-order valence-corrected chi connectivity index (χ3v) is 4.69. The lowest BCUT2D eigenvalue weighted by Gasteiger charge is -2.09. The van der Waals surface area contributed by atoms with Crippen LogP contribution in [0.15, 0.2) is 45.9 Å². The van der Waals surface area contributed by atoms with Crippen LogP contribution < -0.4 is 15.2 Å². The highest BCUT2D eigenvalue weighted by atomic mass is 79.9. The molecule has 0 unspecified atom stereocenters. The van der Waals surface area contributed by atoms with Gasteiger partial charge < -0.3 is 10.5 Å². The number of hydrogen-bond donors (Lipinski definition) is 2. The highest BCUT2D eigenvalue weighted by Crippen LogP contribution is 2.23. The lowest BCUT2D eigenvalue weighted by Crippen LogP contribution is -2.24. The van der Waals surface area contributed by atoms with Crippen LogP contribution in [0.1, 0.15) is 5.56 Å². The smallest absolute Gasteiger partial charge is 0.242 e. The summed E-state index contributed by atoms with van der Waals surface area (Å²) in [6.45, 7) is 0.116. The molecule has 0 saturated heterocycles. The Morgan fingerprint density at radius 2 is 2.10 bits per heavy atom. The van der Waals surface area contributed by atoms with Crippen molar-refractivity contribution >= 4 is 31.6 Å². The number of benzene rings is 1. The summed E-state index contributed by atoms with van der Waals surface area (Å²) in [5.41, 5.74) is 6.62. The van der Waals surface area contributed by atoms with Crippen molar-refractivity contribution in [3.05, 3.63) is 46.6 Å². The van der Waals surface area contributed by atoms with Crippen LogP contribution in [0.5, 0.6) is 5.88 Å². The fourth-order valence-electron chi connectivity index (χ4n) is 1.63. The molecule has 2 rings (SSSR count). The number of sulfonamides is 1. The first-order chi connectivity index (χ1) is 9.92. The van der Waals surface area contributed by atoms with Gasteiger partial charge in [0.2, 0.25) is 15.9 Å². The van der Waals surface area contributed by atoms with Gasteiger partial charge in [-0.25, -0.2) is 18.1 Å².